The van der Waals surface area contributed by atoms with Crippen LogP contribution < -0.4 is 0 Å². The van der Waals surface area contributed by atoms with Crippen LogP contribution in [0.25, 0.3) is 11.0 Å². The van der Waals surface area contributed by atoms with Gasteiger partial charge in [-0.1, -0.05) is 0 Å². The van der Waals surface area contributed by atoms with Crippen molar-refractivity contribution < 1.29 is 4.42 Å². The van der Waals surface area contributed by atoms with Crippen molar-refractivity contribution in [2.24, 2.45) is 0 Å². The molecule has 0 spiro atoms. The molecule has 0 aliphatic rings. The number of fused-ring (bicyclic) bond motifs is 1. The van der Waals surface area contributed by atoms with Crippen LogP contribution in [0.1, 0.15) is 0 Å². The molecule has 0 N–H and O–H groups in total. The van der Waals surface area contributed by atoms with Gasteiger partial charge in [0.15, 0.2) is 0 Å². The third kappa shape index (κ3) is 0.811. The third-order valence-corrected chi connectivity index (χ3v) is 2.19. The molecule has 0 unspecified atom stereocenters. The Balaban J connectivity index is 2.95. The van der Waals surface area contributed by atoms with Crippen molar-refractivity contribution in [1.82, 2.24) is 4.98 Å². The van der Waals surface area contributed by atoms with Gasteiger partial charge in [-0.3, -0.25) is 0 Å². The predicted octanol–water partition coefficient (Wildman–Crippen LogP) is 2.43. The molecule has 0 amide bonds. The normalized spacial score (nSPS) is 10.5. The second-order valence-corrected chi connectivity index (χ2v) is 2.96. The van der Waals surface area contributed by atoms with Crippen molar-refractivity contribution in [2.45, 2.75) is 0 Å². The lowest BCUT2D eigenvalue weighted by molar-refractivity contribution is 0.615. The highest BCUT2D eigenvalue weighted by molar-refractivity contribution is 14.1. The number of hydrogen-bond donors (Lipinski definition) is 0. The lowest BCUT2D eigenvalue weighted by Gasteiger charge is -1.88. The summed E-state index contributed by atoms with van der Waals surface area (Å²) in [5.74, 6) is 0. The van der Waals surface area contributed by atoms with Crippen molar-refractivity contribution in [3.8, 4) is 0 Å². The molecule has 50 valence electrons. The monoisotopic (exact) mass is 245 g/mol. The van der Waals surface area contributed by atoms with Gasteiger partial charge in [0.2, 0.25) is 0 Å². The van der Waals surface area contributed by atoms with Crippen molar-refractivity contribution in [3.05, 3.63) is 28.3 Å². The van der Waals surface area contributed by atoms with E-state index in [9.17, 15) is 0 Å². The molecule has 0 radical (unpaired) electrons. The van der Waals surface area contributed by atoms with Gasteiger partial charge in [0.25, 0.3) is 0 Å². The van der Waals surface area contributed by atoms with Crippen LogP contribution in [0.15, 0.2) is 29.0 Å². The zero-order valence-electron chi connectivity index (χ0n) is 5.04. The van der Waals surface area contributed by atoms with Gasteiger partial charge < -0.3 is 4.42 Å². The van der Waals surface area contributed by atoms with Crippen LogP contribution in [-0.2, 0) is 0 Å². The number of rotatable bonds is 0. The second kappa shape index (κ2) is 2.23. The van der Waals surface area contributed by atoms with E-state index < -0.39 is 0 Å². The molecule has 2 aromatic rings. The van der Waals surface area contributed by atoms with E-state index in [0.29, 0.717) is 0 Å². The largest absolute Gasteiger partial charge is 0.464 e. The third-order valence-electron chi connectivity index (χ3n) is 1.33. The zero-order chi connectivity index (χ0) is 6.97. The van der Waals surface area contributed by atoms with E-state index in [1.165, 1.54) is 0 Å². The Labute approximate surface area is 71.4 Å². The molecule has 0 fully saturated rings. The average Bonchev–Trinajstić information content (AvgIpc) is 2.36. The smallest absolute Gasteiger partial charge is 0.138 e. The number of hydrogen-bond acceptors (Lipinski definition) is 2. The van der Waals surface area contributed by atoms with Gasteiger partial charge in [0.05, 0.1) is 11.6 Å². The molecule has 0 aliphatic heterocycles. The van der Waals surface area contributed by atoms with Gasteiger partial charge in [-0.15, -0.1) is 0 Å². The first kappa shape index (κ1) is 6.15. The molecule has 0 saturated carbocycles. The Morgan fingerprint density at radius 1 is 1.40 bits per heavy atom. The Hall–Kier alpha value is -0.580. The minimum atomic E-state index is 0.902. The molecule has 0 aliphatic carbocycles. The molecule has 0 bridgehead atoms. The molecule has 2 rings (SSSR count). The fourth-order valence-electron chi connectivity index (χ4n) is 0.860. The topological polar surface area (TPSA) is 26.0 Å². The van der Waals surface area contributed by atoms with Crippen LogP contribution in [0.3, 0.4) is 0 Å². The summed E-state index contributed by atoms with van der Waals surface area (Å²) in [7, 11) is 0. The van der Waals surface area contributed by atoms with Crippen LogP contribution in [-0.4, -0.2) is 4.98 Å². The summed E-state index contributed by atoms with van der Waals surface area (Å²) in [4.78, 5) is 4.11. The van der Waals surface area contributed by atoms with Gasteiger partial charge in [0, 0.05) is 6.20 Å². The number of aromatic nitrogens is 1. The highest BCUT2D eigenvalue weighted by Crippen LogP contribution is 2.18. The Morgan fingerprint density at radius 3 is 3.10 bits per heavy atom. The molecule has 10 heavy (non-hydrogen) atoms. The first-order chi connectivity index (χ1) is 4.88. The van der Waals surface area contributed by atoms with Gasteiger partial charge in [-0.05, 0) is 34.7 Å². The number of halogens is 1. The van der Waals surface area contributed by atoms with Gasteiger partial charge in [-0.2, -0.15) is 0 Å². The van der Waals surface area contributed by atoms with Crippen LogP contribution in [0.4, 0.5) is 0 Å². The fraction of sp³-hybridized carbons (Fsp3) is 0. The summed E-state index contributed by atoms with van der Waals surface area (Å²) in [5, 5.41) is 1.09. The quantitative estimate of drug-likeness (QED) is 0.526. The lowest BCUT2D eigenvalue weighted by atomic mass is 10.3. The molecule has 2 aromatic heterocycles. The summed E-state index contributed by atoms with van der Waals surface area (Å²) in [6.07, 6.45) is 3.42. The van der Waals surface area contributed by atoms with E-state index in [4.69, 9.17) is 4.42 Å². The van der Waals surface area contributed by atoms with E-state index in [1.54, 1.807) is 12.5 Å². The molecule has 0 aromatic carbocycles. The predicted molar refractivity (Wildman–Crippen MR) is 46.7 cm³/mol. The summed E-state index contributed by atoms with van der Waals surface area (Å²) < 4.78 is 6.14. The Kier molecular flexibility index (Phi) is 1.37. The highest BCUT2D eigenvalue weighted by atomic mass is 127. The van der Waals surface area contributed by atoms with E-state index >= 15 is 0 Å². The maximum atomic E-state index is 5.15. The van der Waals surface area contributed by atoms with E-state index in [1.807, 2.05) is 12.1 Å². The van der Waals surface area contributed by atoms with Crippen molar-refractivity contribution in [1.29, 1.82) is 0 Å². The standard InChI is InChI=1S/C7H4INO/c8-7-5-2-4-10-6(5)1-3-9-7/h1-4H. The summed E-state index contributed by atoms with van der Waals surface area (Å²) >= 11 is 2.18. The van der Waals surface area contributed by atoms with Crippen LogP contribution in [0.2, 0.25) is 0 Å². The number of pyridine rings is 1. The van der Waals surface area contributed by atoms with Crippen molar-refractivity contribution in [2.75, 3.05) is 0 Å². The summed E-state index contributed by atoms with van der Waals surface area (Å²) in [6.45, 7) is 0. The first-order valence-corrected chi connectivity index (χ1v) is 3.93. The maximum Gasteiger partial charge on any atom is 0.138 e. The van der Waals surface area contributed by atoms with Crippen molar-refractivity contribution in [3.63, 3.8) is 0 Å². The zero-order valence-corrected chi connectivity index (χ0v) is 7.20. The number of nitrogens with zero attached hydrogens (tertiary/aromatic N) is 1. The summed E-state index contributed by atoms with van der Waals surface area (Å²) in [5.41, 5.74) is 0.902. The van der Waals surface area contributed by atoms with Crippen LogP contribution in [0.5, 0.6) is 0 Å². The Bertz CT molecular complexity index is 355. The molecular weight excluding hydrogens is 241 g/mol. The minimum absolute atomic E-state index is 0.902. The van der Waals surface area contributed by atoms with Gasteiger partial charge in [0.1, 0.15) is 9.28 Å². The highest BCUT2D eigenvalue weighted by Gasteiger charge is 1.98. The summed E-state index contributed by atoms with van der Waals surface area (Å²) in [6, 6.07) is 3.78. The van der Waals surface area contributed by atoms with Crippen molar-refractivity contribution >= 4 is 33.6 Å². The molecule has 3 heteroatoms. The van der Waals surface area contributed by atoms with E-state index in [2.05, 4.69) is 27.6 Å². The van der Waals surface area contributed by atoms with E-state index in [-0.39, 0.29) is 0 Å². The molecule has 2 heterocycles. The number of furan rings is 1. The van der Waals surface area contributed by atoms with Crippen LogP contribution in [0, 0.1) is 3.70 Å². The Morgan fingerprint density at radius 2 is 2.30 bits per heavy atom. The van der Waals surface area contributed by atoms with Gasteiger partial charge >= 0.3 is 0 Å². The van der Waals surface area contributed by atoms with Gasteiger partial charge in [-0.25, -0.2) is 4.98 Å². The maximum absolute atomic E-state index is 5.15. The fourth-order valence-corrected chi connectivity index (χ4v) is 1.47. The molecule has 2 nitrogen and oxygen atoms in total. The first-order valence-electron chi connectivity index (χ1n) is 2.85. The SMILES string of the molecule is Ic1nccc2occc12. The average molecular weight is 245 g/mol. The molecule has 0 saturated heterocycles. The van der Waals surface area contributed by atoms with Crippen LogP contribution >= 0.6 is 22.6 Å². The lowest BCUT2D eigenvalue weighted by Crippen LogP contribution is -1.76. The van der Waals surface area contributed by atoms with E-state index in [0.717, 1.165) is 14.7 Å². The molecular formula is C7H4INO. The molecule has 0 atom stereocenters. The minimum Gasteiger partial charge on any atom is -0.464 e. The second-order valence-electron chi connectivity index (χ2n) is 1.93.